The van der Waals surface area contributed by atoms with E-state index in [-0.39, 0.29) is 5.75 Å². The van der Waals surface area contributed by atoms with Crippen LogP contribution in [-0.2, 0) is 0 Å². The lowest BCUT2D eigenvalue weighted by Gasteiger charge is -2.06. The highest BCUT2D eigenvalue weighted by Gasteiger charge is 2.06. The minimum absolute atomic E-state index is 0.0257. The molecule has 1 rings (SSSR count). The van der Waals surface area contributed by atoms with Crippen LogP contribution in [0.1, 0.15) is 22.3 Å². The van der Waals surface area contributed by atoms with E-state index in [0.29, 0.717) is 17.6 Å². The van der Waals surface area contributed by atoms with Gasteiger partial charge in [0.05, 0.1) is 7.11 Å². The third-order valence-corrected chi connectivity index (χ3v) is 2.54. The lowest BCUT2D eigenvalue weighted by Crippen LogP contribution is -1.90. The molecule has 0 aliphatic heterocycles. The van der Waals surface area contributed by atoms with Crippen molar-refractivity contribution in [2.24, 2.45) is 0 Å². The predicted molar refractivity (Wildman–Crippen MR) is 67.5 cm³/mol. The molecule has 0 saturated heterocycles. The zero-order chi connectivity index (χ0) is 12.0. The van der Waals surface area contributed by atoms with Crippen LogP contribution in [0.15, 0.2) is 18.2 Å². The molecule has 0 aliphatic rings. The van der Waals surface area contributed by atoms with E-state index in [1.165, 1.54) is 13.2 Å². The first-order chi connectivity index (χ1) is 7.72. The third kappa shape index (κ3) is 3.10. The van der Waals surface area contributed by atoms with Crippen molar-refractivity contribution in [3.8, 4) is 11.5 Å². The van der Waals surface area contributed by atoms with Crippen LogP contribution in [0.4, 0.5) is 0 Å². The molecule has 0 radical (unpaired) electrons. The largest absolute Gasteiger partial charge is 0.504 e. The Bertz CT molecular complexity index is 399. The smallest absolute Gasteiger partial charge is 0.161 e. The van der Waals surface area contributed by atoms with Gasteiger partial charge in [0.15, 0.2) is 17.8 Å². The van der Waals surface area contributed by atoms with Crippen molar-refractivity contribution >= 4 is 28.3 Å². The van der Waals surface area contributed by atoms with E-state index < -0.39 is 0 Å². The lowest BCUT2D eigenvalue weighted by atomic mass is 10.1. The second-order valence-electron chi connectivity index (χ2n) is 3.15. The van der Waals surface area contributed by atoms with Crippen molar-refractivity contribution in [3.05, 3.63) is 29.3 Å². The number of hydrogen-bond acceptors (Lipinski definition) is 3. The number of ether oxygens (including phenoxy) is 1. The Labute approximate surface area is 103 Å². The van der Waals surface area contributed by atoms with Gasteiger partial charge >= 0.3 is 0 Å². The van der Waals surface area contributed by atoms with Crippen molar-refractivity contribution in [1.29, 1.82) is 0 Å². The number of hydrogen-bond donors (Lipinski definition) is 1. The van der Waals surface area contributed by atoms with E-state index in [1.54, 1.807) is 6.07 Å². The summed E-state index contributed by atoms with van der Waals surface area (Å²) in [6, 6.07) is 3.05. The van der Waals surface area contributed by atoms with Gasteiger partial charge in [-0.2, -0.15) is 0 Å². The van der Waals surface area contributed by atoms with Gasteiger partial charge in [0.1, 0.15) is 0 Å². The fraction of sp³-hybridized carbons (Fsp3) is 0.250. The number of rotatable bonds is 5. The number of halogens is 1. The van der Waals surface area contributed by atoms with Gasteiger partial charge in [-0.1, -0.05) is 28.1 Å². The van der Waals surface area contributed by atoms with Gasteiger partial charge in [-0.3, -0.25) is 4.79 Å². The Morgan fingerprint density at radius 3 is 2.75 bits per heavy atom. The SMILES string of the molecule is COc1cc(C=CCCBr)c(C=O)cc1O. The van der Waals surface area contributed by atoms with Crippen molar-refractivity contribution in [2.45, 2.75) is 6.42 Å². The molecule has 0 atom stereocenters. The summed E-state index contributed by atoms with van der Waals surface area (Å²) in [5.41, 5.74) is 1.19. The van der Waals surface area contributed by atoms with E-state index >= 15 is 0 Å². The van der Waals surface area contributed by atoms with Crippen molar-refractivity contribution in [3.63, 3.8) is 0 Å². The number of phenols is 1. The number of aromatic hydroxyl groups is 1. The lowest BCUT2D eigenvalue weighted by molar-refractivity contribution is 0.112. The Morgan fingerprint density at radius 2 is 2.19 bits per heavy atom. The average Bonchev–Trinajstić information content (AvgIpc) is 2.30. The molecule has 0 spiro atoms. The number of phenolic OH excluding ortho intramolecular Hbond substituents is 1. The normalized spacial score (nSPS) is 10.6. The molecule has 0 amide bonds. The zero-order valence-corrected chi connectivity index (χ0v) is 10.5. The Kier molecular flexibility index (Phi) is 5.05. The first kappa shape index (κ1) is 12.8. The van der Waals surface area contributed by atoms with Crippen molar-refractivity contribution in [1.82, 2.24) is 0 Å². The molecule has 1 aromatic carbocycles. The molecular formula is C12H13BrO3. The number of benzene rings is 1. The Balaban J connectivity index is 3.09. The molecule has 0 aliphatic carbocycles. The predicted octanol–water partition coefficient (Wildman–Crippen LogP) is 3.01. The monoisotopic (exact) mass is 284 g/mol. The Morgan fingerprint density at radius 1 is 1.44 bits per heavy atom. The molecule has 86 valence electrons. The van der Waals surface area contributed by atoms with Gasteiger partial charge in [0, 0.05) is 10.9 Å². The van der Waals surface area contributed by atoms with Crippen LogP contribution in [0.2, 0.25) is 0 Å². The van der Waals surface area contributed by atoms with Crippen LogP contribution >= 0.6 is 15.9 Å². The summed E-state index contributed by atoms with van der Waals surface area (Å²) in [5, 5.41) is 10.4. The molecule has 0 fully saturated rings. The number of allylic oxidation sites excluding steroid dienone is 1. The maximum absolute atomic E-state index is 10.8. The summed E-state index contributed by atoms with van der Waals surface area (Å²) in [5.74, 6) is 0.339. The van der Waals surface area contributed by atoms with Crippen molar-refractivity contribution in [2.75, 3.05) is 12.4 Å². The molecule has 4 heteroatoms. The summed E-state index contributed by atoms with van der Waals surface area (Å²) in [7, 11) is 1.47. The molecule has 3 nitrogen and oxygen atoms in total. The number of carbonyl (C=O) groups excluding carboxylic acids is 1. The highest BCUT2D eigenvalue weighted by Crippen LogP contribution is 2.29. The summed E-state index contributed by atoms with van der Waals surface area (Å²) >= 11 is 3.31. The van der Waals surface area contributed by atoms with E-state index in [4.69, 9.17) is 4.74 Å². The van der Waals surface area contributed by atoms with Gasteiger partial charge in [-0.05, 0) is 24.1 Å². The first-order valence-corrected chi connectivity index (χ1v) is 5.93. The zero-order valence-electron chi connectivity index (χ0n) is 8.94. The van der Waals surface area contributed by atoms with Gasteiger partial charge in [-0.15, -0.1) is 0 Å². The van der Waals surface area contributed by atoms with Crippen LogP contribution in [0.25, 0.3) is 6.08 Å². The molecule has 0 bridgehead atoms. The second kappa shape index (κ2) is 6.33. The maximum atomic E-state index is 10.8. The summed E-state index contributed by atoms with van der Waals surface area (Å²) in [6.45, 7) is 0. The summed E-state index contributed by atoms with van der Waals surface area (Å²) < 4.78 is 4.98. The number of methoxy groups -OCH3 is 1. The van der Waals surface area contributed by atoms with E-state index in [1.807, 2.05) is 12.2 Å². The van der Waals surface area contributed by atoms with E-state index in [9.17, 15) is 9.90 Å². The van der Waals surface area contributed by atoms with Crippen LogP contribution in [-0.4, -0.2) is 23.8 Å². The van der Waals surface area contributed by atoms with E-state index in [0.717, 1.165) is 17.3 Å². The van der Waals surface area contributed by atoms with Crippen LogP contribution in [0, 0.1) is 0 Å². The van der Waals surface area contributed by atoms with Crippen LogP contribution in [0.5, 0.6) is 11.5 Å². The maximum Gasteiger partial charge on any atom is 0.161 e. The molecule has 1 aromatic rings. The van der Waals surface area contributed by atoms with Gasteiger partial charge in [0.25, 0.3) is 0 Å². The standard InChI is InChI=1S/C12H13BrO3/c1-16-12-7-9(4-2-3-5-13)10(8-14)6-11(12)15/h2,4,6-8,15H,3,5H2,1H3. The molecule has 16 heavy (non-hydrogen) atoms. The summed E-state index contributed by atoms with van der Waals surface area (Å²) in [6.07, 6.45) is 5.38. The minimum Gasteiger partial charge on any atom is -0.504 e. The molecule has 0 unspecified atom stereocenters. The quantitative estimate of drug-likeness (QED) is 0.668. The molecule has 1 N–H and O–H groups in total. The average molecular weight is 285 g/mol. The third-order valence-electron chi connectivity index (χ3n) is 2.08. The molecule has 0 saturated carbocycles. The topological polar surface area (TPSA) is 46.5 Å². The summed E-state index contributed by atoms with van der Waals surface area (Å²) in [4.78, 5) is 10.8. The fourth-order valence-electron chi connectivity index (χ4n) is 1.28. The molecule has 0 heterocycles. The van der Waals surface area contributed by atoms with Crippen LogP contribution < -0.4 is 4.74 Å². The molecule has 0 aromatic heterocycles. The first-order valence-electron chi connectivity index (χ1n) is 4.81. The highest BCUT2D eigenvalue weighted by atomic mass is 79.9. The number of carbonyl (C=O) groups is 1. The second-order valence-corrected chi connectivity index (χ2v) is 3.94. The van der Waals surface area contributed by atoms with Gasteiger partial charge in [0.2, 0.25) is 0 Å². The highest BCUT2D eigenvalue weighted by molar-refractivity contribution is 9.09. The van der Waals surface area contributed by atoms with E-state index in [2.05, 4.69) is 15.9 Å². The minimum atomic E-state index is -0.0257. The van der Waals surface area contributed by atoms with Gasteiger partial charge in [-0.25, -0.2) is 0 Å². The van der Waals surface area contributed by atoms with Crippen molar-refractivity contribution < 1.29 is 14.6 Å². The Hall–Kier alpha value is -1.29. The number of alkyl halides is 1. The fourth-order valence-corrected chi connectivity index (χ4v) is 1.55. The molecular weight excluding hydrogens is 272 g/mol. The van der Waals surface area contributed by atoms with Crippen LogP contribution in [0.3, 0.4) is 0 Å². The number of aldehydes is 1. The van der Waals surface area contributed by atoms with Gasteiger partial charge < -0.3 is 9.84 Å².